The van der Waals surface area contributed by atoms with Gasteiger partial charge in [-0.2, -0.15) is 0 Å². The number of methoxy groups -OCH3 is 2. The molecule has 0 atom stereocenters. The summed E-state index contributed by atoms with van der Waals surface area (Å²) < 4.78 is 10.8. The normalized spacial score (nSPS) is 13.9. The summed E-state index contributed by atoms with van der Waals surface area (Å²) in [6.07, 6.45) is 1.59. The van der Waals surface area contributed by atoms with Gasteiger partial charge in [0.15, 0.2) is 0 Å². The van der Waals surface area contributed by atoms with Crippen LogP contribution in [0.1, 0.15) is 0 Å². The van der Waals surface area contributed by atoms with Crippen molar-refractivity contribution in [3.05, 3.63) is 60.9 Å². The van der Waals surface area contributed by atoms with Crippen LogP contribution in [0.3, 0.4) is 0 Å². The third-order valence-electron chi connectivity index (χ3n) is 5.05. The molecule has 2 aromatic carbocycles. The summed E-state index contributed by atoms with van der Waals surface area (Å²) in [5, 5.41) is 3.32. The van der Waals surface area contributed by atoms with E-state index in [1.54, 1.807) is 20.5 Å². The summed E-state index contributed by atoms with van der Waals surface area (Å²) in [6, 6.07) is 18.1. The summed E-state index contributed by atoms with van der Waals surface area (Å²) >= 11 is 0. The fourth-order valence-electron chi connectivity index (χ4n) is 3.47. The lowest BCUT2D eigenvalue weighted by Crippen LogP contribution is -2.46. The molecule has 1 fully saturated rings. The van der Waals surface area contributed by atoms with Crippen LogP contribution in [0.25, 0.3) is 0 Å². The molecule has 3 aromatic rings. The summed E-state index contributed by atoms with van der Waals surface area (Å²) in [7, 11) is 3.29. The van der Waals surface area contributed by atoms with E-state index >= 15 is 0 Å². The molecule has 1 aliphatic heterocycles. The minimum atomic E-state index is 0.715. The van der Waals surface area contributed by atoms with Crippen molar-refractivity contribution in [2.24, 2.45) is 0 Å². The summed E-state index contributed by atoms with van der Waals surface area (Å²) in [4.78, 5) is 13.5. The Hall–Kier alpha value is -3.48. The highest BCUT2D eigenvalue weighted by Crippen LogP contribution is 2.31. The van der Waals surface area contributed by atoms with Crippen molar-refractivity contribution in [1.82, 2.24) is 9.97 Å². The number of nitrogens with zero attached hydrogens (tertiary/aromatic N) is 4. The maximum absolute atomic E-state index is 5.44. The predicted octanol–water partition coefficient (Wildman–Crippen LogP) is 3.56. The van der Waals surface area contributed by atoms with Gasteiger partial charge >= 0.3 is 0 Å². The number of benzene rings is 2. The molecule has 0 aliphatic carbocycles. The van der Waals surface area contributed by atoms with Crippen molar-refractivity contribution in [2.75, 3.05) is 55.5 Å². The molecule has 150 valence electrons. The molecule has 0 radical (unpaired) electrons. The number of piperazine rings is 1. The van der Waals surface area contributed by atoms with Gasteiger partial charge in [-0.1, -0.05) is 18.2 Å². The lowest BCUT2D eigenvalue weighted by Gasteiger charge is -2.36. The molecule has 1 aromatic heterocycles. The van der Waals surface area contributed by atoms with Crippen LogP contribution in [0.4, 0.5) is 23.0 Å². The van der Waals surface area contributed by atoms with Gasteiger partial charge in [0.1, 0.15) is 29.5 Å². The molecule has 4 rings (SSSR count). The Bertz CT molecular complexity index is 943. The predicted molar refractivity (Wildman–Crippen MR) is 116 cm³/mol. The van der Waals surface area contributed by atoms with Gasteiger partial charge < -0.3 is 24.6 Å². The van der Waals surface area contributed by atoms with Crippen molar-refractivity contribution >= 4 is 23.0 Å². The highest BCUT2D eigenvalue weighted by molar-refractivity contribution is 5.67. The van der Waals surface area contributed by atoms with E-state index < -0.39 is 0 Å². The number of nitrogens with one attached hydrogen (secondary N) is 1. The van der Waals surface area contributed by atoms with Crippen molar-refractivity contribution in [1.29, 1.82) is 0 Å². The molecule has 0 unspecified atom stereocenters. The van der Waals surface area contributed by atoms with E-state index in [0.29, 0.717) is 5.82 Å². The second-order valence-electron chi connectivity index (χ2n) is 6.76. The van der Waals surface area contributed by atoms with Crippen LogP contribution in [0, 0.1) is 0 Å². The number of hydrogen-bond donors (Lipinski definition) is 1. The summed E-state index contributed by atoms with van der Waals surface area (Å²) in [5.41, 5.74) is 2.06. The number of ether oxygens (including phenoxy) is 2. The zero-order valence-electron chi connectivity index (χ0n) is 16.7. The molecule has 29 heavy (non-hydrogen) atoms. The molecular weight excluding hydrogens is 366 g/mol. The van der Waals surface area contributed by atoms with Crippen molar-refractivity contribution in [3.8, 4) is 11.5 Å². The Kier molecular flexibility index (Phi) is 5.65. The fraction of sp³-hybridized carbons (Fsp3) is 0.273. The first-order chi connectivity index (χ1) is 14.3. The monoisotopic (exact) mass is 391 g/mol. The van der Waals surface area contributed by atoms with Gasteiger partial charge in [0.05, 0.1) is 19.9 Å². The van der Waals surface area contributed by atoms with Crippen LogP contribution in [0.5, 0.6) is 11.5 Å². The highest BCUT2D eigenvalue weighted by Gasteiger charge is 2.19. The molecule has 0 bridgehead atoms. The van der Waals surface area contributed by atoms with Crippen molar-refractivity contribution in [3.63, 3.8) is 0 Å². The lowest BCUT2D eigenvalue weighted by molar-refractivity contribution is 0.405. The molecule has 1 aliphatic rings. The molecule has 1 saturated heterocycles. The van der Waals surface area contributed by atoms with E-state index in [4.69, 9.17) is 9.47 Å². The average molecular weight is 391 g/mol. The van der Waals surface area contributed by atoms with Crippen molar-refractivity contribution < 1.29 is 9.47 Å². The Morgan fingerprint density at radius 3 is 2.31 bits per heavy atom. The van der Waals surface area contributed by atoms with Crippen LogP contribution in [0.15, 0.2) is 60.9 Å². The first-order valence-electron chi connectivity index (χ1n) is 9.63. The molecule has 0 saturated carbocycles. The van der Waals surface area contributed by atoms with E-state index in [1.165, 1.54) is 5.69 Å². The Balaban J connectivity index is 1.46. The Labute approximate surface area is 170 Å². The first-order valence-corrected chi connectivity index (χ1v) is 9.63. The molecule has 0 spiro atoms. The third kappa shape index (κ3) is 4.34. The van der Waals surface area contributed by atoms with E-state index in [-0.39, 0.29) is 0 Å². The largest absolute Gasteiger partial charge is 0.497 e. The number of aromatic nitrogens is 2. The van der Waals surface area contributed by atoms with Gasteiger partial charge in [-0.05, 0) is 24.3 Å². The fourth-order valence-corrected chi connectivity index (χ4v) is 3.47. The minimum absolute atomic E-state index is 0.715. The van der Waals surface area contributed by atoms with E-state index in [1.807, 2.05) is 30.3 Å². The Morgan fingerprint density at radius 1 is 0.828 bits per heavy atom. The quantitative estimate of drug-likeness (QED) is 0.689. The van der Waals surface area contributed by atoms with Crippen LogP contribution in [-0.4, -0.2) is 50.4 Å². The maximum Gasteiger partial charge on any atom is 0.142 e. The van der Waals surface area contributed by atoms with Gasteiger partial charge in [0.2, 0.25) is 0 Å². The van der Waals surface area contributed by atoms with Crippen LogP contribution >= 0.6 is 0 Å². The molecular formula is C22H25N5O2. The lowest BCUT2D eigenvalue weighted by atomic mass is 10.2. The van der Waals surface area contributed by atoms with E-state index in [2.05, 4.69) is 49.4 Å². The SMILES string of the molecule is COc1ccc(OC)c(Nc2cc(N3CCN(c4ccccc4)CC3)ncn2)c1. The van der Waals surface area contributed by atoms with E-state index in [9.17, 15) is 0 Å². The highest BCUT2D eigenvalue weighted by atomic mass is 16.5. The standard InChI is InChI=1S/C22H25N5O2/c1-28-18-8-9-20(29-2)19(14-18)25-21-15-22(24-16-23-21)27-12-10-26(11-13-27)17-6-4-3-5-7-17/h3-9,14-16H,10-13H2,1-2H3,(H,23,24,25). The number of anilines is 4. The average Bonchev–Trinajstić information content (AvgIpc) is 2.80. The summed E-state index contributed by atoms with van der Waals surface area (Å²) in [5.74, 6) is 3.10. The third-order valence-corrected chi connectivity index (χ3v) is 5.05. The minimum Gasteiger partial charge on any atom is -0.497 e. The van der Waals surface area contributed by atoms with Gasteiger partial charge in [-0.15, -0.1) is 0 Å². The first kappa shape index (κ1) is 18.9. The van der Waals surface area contributed by atoms with Crippen molar-refractivity contribution in [2.45, 2.75) is 0 Å². The molecule has 1 N–H and O–H groups in total. The molecule has 7 nitrogen and oxygen atoms in total. The van der Waals surface area contributed by atoms with Gasteiger partial charge in [0.25, 0.3) is 0 Å². The second kappa shape index (κ2) is 8.68. The Morgan fingerprint density at radius 2 is 1.59 bits per heavy atom. The zero-order chi connectivity index (χ0) is 20.1. The molecule has 0 amide bonds. The van der Waals surface area contributed by atoms with E-state index in [0.717, 1.165) is 49.2 Å². The topological polar surface area (TPSA) is 62.8 Å². The van der Waals surface area contributed by atoms with Gasteiger partial charge in [-0.25, -0.2) is 9.97 Å². The molecule has 7 heteroatoms. The van der Waals surface area contributed by atoms with Crippen LogP contribution in [0.2, 0.25) is 0 Å². The summed E-state index contributed by atoms with van der Waals surface area (Å²) in [6.45, 7) is 3.74. The van der Waals surface area contributed by atoms with Crippen LogP contribution in [-0.2, 0) is 0 Å². The number of rotatable bonds is 6. The molecule has 2 heterocycles. The van der Waals surface area contributed by atoms with Crippen LogP contribution < -0.4 is 24.6 Å². The number of hydrogen-bond acceptors (Lipinski definition) is 7. The van der Waals surface area contributed by atoms with Gasteiger partial charge in [-0.3, -0.25) is 0 Å². The maximum atomic E-state index is 5.44. The number of para-hydroxylation sites is 1. The van der Waals surface area contributed by atoms with Gasteiger partial charge in [0, 0.05) is 44.0 Å². The zero-order valence-corrected chi connectivity index (χ0v) is 16.7. The second-order valence-corrected chi connectivity index (χ2v) is 6.76. The smallest absolute Gasteiger partial charge is 0.142 e.